The molecule has 26 heavy (non-hydrogen) atoms. The van der Waals surface area contributed by atoms with Crippen LogP contribution in [0.5, 0.6) is 0 Å². The molecule has 2 amide bonds. The van der Waals surface area contributed by atoms with Gasteiger partial charge in [0, 0.05) is 23.6 Å². The second-order valence-corrected chi connectivity index (χ2v) is 6.69. The van der Waals surface area contributed by atoms with E-state index in [0.29, 0.717) is 30.7 Å². The fraction of sp³-hybridized carbons (Fsp3) is 0.211. The first kappa shape index (κ1) is 16.7. The van der Waals surface area contributed by atoms with Crippen molar-refractivity contribution in [3.63, 3.8) is 0 Å². The van der Waals surface area contributed by atoms with Crippen LogP contribution in [0.15, 0.2) is 60.7 Å². The minimum atomic E-state index is -0.176. The SMILES string of the molecule is O=C(Nc1nc(-c2ccccc2)ns1)N1CCOC(c2ccccc2)C1. The number of rotatable bonds is 3. The predicted octanol–water partition coefficient (Wildman–Crippen LogP) is 3.81. The smallest absolute Gasteiger partial charge is 0.323 e. The minimum absolute atomic E-state index is 0.106. The lowest BCUT2D eigenvalue weighted by atomic mass is 10.1. The summed E-state index contributed by atoms with van der Waals surface area (Å²) in [6, 6.07) is 19.5. The Bertz CT molecular complexity index is 870. The average Bonchev–Trinajstić information content (AvgIpc) is 3.18. The van der Waals surface area contributed by atoms with E-state index in [2.05, 4.69) is 14.7 Å². The molecule has 2 heterocycles. The van der Waals surface area contributed by atoms with Crippen molar-refractivity contribution in [2.45, 2.75) is 6.10 Å². The predicted molar refractivity (Wildman–Crippen MR) is 101 cm³/mol. The second-order valence-electron chi connectivity index (χ2n) is 5.94. The molecule has 1 aliphatic heterocycles. The van der Waals surface area contributed by atoms with E-state index in [0.717, 1.165) is 11.1 Å². The second kappa shape index (κ2) is 7.63. The highest BCUT2D eigenvalue weighted by Gasteiger charge is 2.26. The van der Waals surface area contributed by atoms with Crippen LogP contribution in [0.1, 0.15) is 11.7 Å². The zero-order chi connectivity index (χ0) is 17.8. The van der Waals surface area contributed by atoms with Crippen LogP contribution in [0.3, 0.4) is 0 Å². The van der Waals surface area contributed by atoms with E-state index in [1.807, 2.05) is 60.7 Å². The normalized spacial score (nSPS) is 17.1. The molecule has 1 fully saturated rings. The minimum Gasteiger partial charge on any atom is -0.370 e. The van der Waals surface area contributed by atoms with Gasteiger partial charge in [-0.2, -0.15) is 9.36 Å². The molecule has 3 aromatic rings. The van der Waals surface area contributed by atoms with Crippen molar-refractivity contribution >= 4 is 22.7 Å². The van der Waals surface area contributed by atoms with Gasteiger partial charge in [-0.15, -0.1) is 0 Å². The van der Waals surface area contributed by atoms with Crippen molar-refractivity contribution in [2.24, 2.45) is 0 Å². The molecule has 1 aromatic heterocycles. The molecule has 4 rings (SSSR count). The monoisotopic (exact) mass is 366 g/mol. The Hall–Kier alpha value is -2.77. The number of aromatic nitrogens is 2. The Morgan fingerprint density at radius 3 is 2.62 bits per heavy atom. The first-order valence-electron chi connectivity index (χ1n) is 8.41. The van der Waals surface area contributed by atoms with E-state index in [1.165, 1.54) is 11.5 Å². The van der Waals surface area contributed by atoms with Gasteiger partial charge >= 0.3 is 6.03 Å². The number of hydrogen-bond donors (Lipinski definition) is 1. The van der Waals surface area contributed by atoms with Crippen LogP contribution in [0, 0.1) is 0 Å². The van der Waals surface area contributed by atoms with Crippen molar-refractivity contribution in [1.29, 1.82) is 0 Å². The van der Waals surface area contributed by atoms with Gasteiger partial charge in [-0.25, -0.2) is 4.79 Å². The Balaban J connectivity index is 1.41. The van der Waals surface area contributed by atoms with Crippen LogP contribution in [0.25, 0.3) is 11.4 Å². The lowest BCUT2D eigenvalue weighted by molar-refractivity contribution is -0.0135. The molecule has 0 spiro atoms. The zero-order valence-corrected chi connectivity index (χ0v) is 14.9. The van der Waals surface area contributed by atoms with Gasteiger partial charge in [0.05, 0.1) is 13.2 Å². The molecule has 1 aliphatic rings. The van der Waals surface area contributed by atoms with Gasteiger partial charge in [-0.05, 0) is 5.56 Å². The molecular formula is C19H18N4O2S. The quantitative estimate of drug-likeness (QED) is 0.765. The number of ether oxygens (including phenoxy) is 1. The highest BCUT2D eigenvalue weighted by atomic mass is 32.1. The number of hydrogen-bond acceptors (Lipinski definition) is 5. The van der Waals surface area contributed by atoms with Crippen LogP contribution in [0.2, 0.25) is 0 Å². The van der Waals surface area contributed by atoms with Crippen LogP contribution < -0.4 is 5.32 Å². The molecule has 1 atom stereocenters. The highest BCUT2D eigenvalue weighted by Crippen LogP contribution is 2.24. The van der Waals surface area contributed by atoms with Crippen molar-refractivity contribution in [2.75, 3.05) is 25.0 Å². The van der Waals surface area contributed by atoms with Gasteiger partial charge in [0.15, 0.2) is 5.82 Å². The molecule has 1 saturated heterocycles. The summed E-state index contributed by atoms with van der Waals surface area (Å²) in [4.78, 5) is 18.8. The average molecular weight is 366 g/mol. The number of morpholine rings is 1. The molecule has 6 nitrogen and oxygen atoms in total. The number of anilines is 1. The molecule has 7 heteroatoms. The van der Waals surface area contributed by atoms with Crippen LogP contribution in [0.4, 0.5) is 9.93 Å². The number of benzene rings is 2. The summed E-state index contributed by atoms with van der Waals surface area (Å²) in [6.45, 7) is 1.58. The molecule has 132 valence electrons. The molecule has 2 aromatic carbocycles. The van der Waals surface area contributed by atoms with Crippen LogP contribution in [-0.2, 0) is 4.74 Å². The molecule has 0 bridgehead atoms. The van der Waals surface area contributed by atoms with Crippen molar-refractivity contribution in [1.82, 2.24) is 14.3 Å². The zero-order valence-electron chi connectivity index (χ0n) is 14.0. The highest BCUT2D eigenvalue weighted by molar-refractivity contribution is 7.10. The Kier molecular flexibility index (Phi) is 4.90. The summed E-state index contributed by atoms with van der Waals surface area (Å²) in [5, 5.41) is 3.35. The number of amides is 2. The number of carbonyl (C=O) groups is 1. The third-order valence-corrected chi connectivity index (χ3v) is 4.83. The molecule has 0 saturated carbocycles. The molecule has 0 radical (unpaired) electrons. The first-order chi connectivity index (χ1) is 12.8. The fourth-order valence-corrected chi connectivity index (χ4v) is 3.43. The molecule has 1 N–H and O–H groups in total. The van der Waals surface area contributed by atoms with E-state index in [-0.39, 0.29) is 12.1 Å². The summed E-state index contributed by atoms with van der Waals surface area (Å²) in [6.07, 6.45) is -0.106. The van der Waals surface area contributed by atoms with E-state index in [9.17, 15) is 4.79 Å². The summed E-state index contributed by atoms with van der Waals surface area (Å²) in [5.41, 5.74) is 2.01. The first-order valence-corrected chi connectivity index (χ1v) is 9.18. The van der Waals surface area contributed by atoms with Gasteiger partial charge in [-0.3, -0.25) is 5.32 Å². The van der Waals surface area contributed by atoms with Gasteiger partial charge in [0.25, 0.3) is 0 Å². The summed E-state index contributed by atoms with van der Waals surface area (Å²) < 4.78 is 10.1. The largest absolute Gasteiger partial charge is 0.370 e. The topological polar surface area (TPSA) is 67.4 Å². The van der Waals surface area contributed by atoms with E-state index in [4.69, 9.17) is 4.74 Å². The van der Waals surface area contributed by atoms with Gasteiger partial charge in [0.2, 0.25) is 5.13 Å². The number of nitrogens with one attached hydrogen (secondary N) is 1. The Morgan fingerprint density at radius 1 is 1.12 bits per heavy atom. The standard InChI is InChI=1S/C19H18N4O2S/c24-19(21-18-20-17(22-26-18)15-9-5-2-6-10-15)23-11-12-25-16(13-23)14-7-3-1-4-8-14/h1-10,16H,11-13H2,(H,20,21,22,24). The van der Waals surface area contributed by atoms with Crippen molar-refractivity contribution in [3.05, 3.63) is 66.2 Å². The van der Waals surface area contributed by atoms with E-state index in [1.54, 1.807) is 4.90 Å². The number of nitrogens with zero attached hydrogens (tertiary/aromatic N) is 3. The summed E-state index contributed by atoms with van der Waals surface area (Å²) in [5.74, 6) is 0.620. The number of urea groups is 1. The third kappa shape index (κ3) is 3.74. The molecule has 1 unspecified atom stereocenters. The van der Waals surface area contributed by atoms with E-state index < -0.39 is 0 Å². The Labute approximate surface area is 155 Å². The van der Waals surface area contributed by atoms with Crippen molar-refractivity contribution < 1.29 is 9.53 Å². The number of carbonyl (C=O) groups excluding carboxylic acids is 1. The summed E-state index contributed by atoms with van der Waals surface area (Å²) >= 11 is 1.18. The maximum atomic E-state index is 12.6. The molecular weight excluding hydrogens is 348 g/mol. The fourth-order valence-electron chi connectivity index (χ4n) is 2.85. The van der Waals surface area contributed by atoms with Crippen LogP contribution in [-0.4, -0.2) is 40.0 Å². The van der Waals surface area contributed by atoms with Crippen LogP contribution >= 0.6 is 11.5 Å². The van der Waals surface area contributed by atoms with Gasteiger partial charge in [0.1, 0.15) is 6.10 Å². The molecule has 0 aliphatic carbocycles. The maximum absolute atomic E-state index is 12.6. The van der Waals surface area contributed by atoms with Gasteiger partial charge in [-0.1, -0.05) is 60.7 Å². The maximum Gasteiger partial charge on any atom is 0.323 e. The Morgan fingerprint density at radius 2 is 1.85 bits per heavy atom. The lowest BCUT2D eigenvalue weighted by Crippen LogP contribution is -2.44. The lowest BCUT2D eigenvalue weighted by Gasteiger charge is -2.32. The van der Waals surface area contributed by atoms with E-state index >= 15 is 0 Å². The van der Waals surface area contributed by atoms with Gasteiger partial charge < -0.3 is 9.64 Å². The van der Waals surface area contributed by atoms with Crippen molar-refractivity contribution in [3.8, 4) is 11.4 Å². The summed E-state index contributed by atoms with van der Waals surface area (Å²) in [7, 11) is 0. The third-order valence-electron chi connectivity index (χ3n) is 4.20.